The van der Waals surface area contributed by atoms with Crippen molar-refractivity contribution in [2.45, 2.75) is 6.92 Å². The standard InChI is InChI=1S/C12H11N3O4/c1-2-18-11(17)9-7-19-12(14-9)15-10(16)8-4-3-5-13-6-8/h3-7H,2H2,1H3,(H,14,15,16). The summed E-state index contributed by atoms with van der Waals surface area (Å²) in [4.78, 5) is 30.7. The van der Waals surface area contributed by atoms with Crippen LogP contribution in [0.1, 0.15) is 27.8 Å². The van der Waals surface area contributed by atoms with E-state index in [2.05, 4.69) is 15.3 Å². The van der Waals surface area contributed by atoms with Crippen LogP contribution in [0.5, 0.6) is 0 Å². The zero-order chi connectivity index (χ0) is 13.7. The normalized spacial score (nSPS) is 9.95. The maximum absolute atomic E-state index is 11.8. The van der Waals surface area contributed by atoms with E-state index in [1.54, 1.807) is 25.3 Å². The zero-order valence-corrected chi connectivity index (χ0v) is 10.1. The van der Waals surface area contributed by atoms with Gasteiger partial charge in [-0.2, -0.15) is 4.98 Å². The van der Waals surface area contributed by atoms with Crippen LogP contribution < -0.4 is 5.32 Å². The Bertz CT molecular complexity index is 580. The molecule has 2 aromatic rings. The lowest BCUT2D eigenvalue weighted by molar-refractivity contribution is 0.0519. The average Bonchev–Trinajstić information content (AvgIpc) is 2.88. The molecule has 0 aliphatic heterocycles. The first kappa shape index (κ1) is 12.7. The summed E-state index contributed by atoms with van der Waals surface area (Å²) in [5.74, 6) is -1.03. The van der Waals surface area contributed by atoms with Crippen LogP contribution in [0.2, 0.25) is 0 Å². The summed E-state index contributed by atoms with van der Waals surface area (Å²) in [5.41, 5.74) is 0.363. The van der Waals surface area contributed by atoms with Gasteiger partial charge in [0.15, 0.2) is 5.69 Å². The van der Waals surface area contributed by atoms with Crippen molar-refractivity contribution in [1.29, 1.82) is 0 Å². The Hall–Kier alpha value is -2.70. The number of anilines is 1. The fourth-order valence-electron chi connectivity index (χ4n) is 1.30. The second kappa shape index (κ2) is 5.76. The number of nitrogens with zero attached hydrogens (tertiary/aromatic N) is 2. The van der Waals surface area contributed by atoms with Crippen molar-refractivity contribution >= 4 is 17.9 Å². The molecule has 2 aromatic heterocycles. The average molecular weight is 261 g/mol. The van der Waals surface area contributed by atoms with Gasteiger partial charge in [-0.25, -0.2) is 4.79 Å². The first-order valence-corrected chi connectivity index (χ1v) is 5.54. The number of carbonyl (C=O) groups is 2. The van der Waals surface area contributed by atoms with E-state index in [-0.39, 0.29) is 18.3 Å². The molecule has 0 unspecified atom stereocenters. The number of amides is 1. The summed E-state index contributed by atoms with van der Waals surface area (Å²) >= 11 is 0. The number of ether oxygens (including phenoxy) is 1. The van der Waals surface area contributed by atoms with E-state index in [1.165, 1.54) is 6.20 Å². The number of carbonyl (C=O) groups excluding carboxylic acids is 2. The Morgan fingerprint density at radius 2 is 2.32 bits per heavy atom. The lowest BCUT2D eigenvalue weighted by Gasteiger charge is -1.99. The lowest BCUT2D eigenvalue weighted by atomic mass is 10.3. The quantitative estimate of drug-likeness (QED) is 0.838. The van der Waals surface area contributed by atoms with Crippen LogP contribution in [0.4, 0.5) is 6.01 Å². The van der Waals surface area contributed by atoms with E-state index in [1.807, 2.05) is 0 Å². The summed E-state index contributed by atoms with van der Waals surface area (Å²) in [6.07, 6.45) is 4.09. The van der Waals surface area contributed by atoms with Gasteiger partial charge in [0.1, 0.15) is 6.26 Å². The summed E-state index contributed by atoms with van der Waals surface area (Å²) in [7, 11) is 0. The number of aromatic nitrogens is 2. The Morgan fingerprint density at radius 3 is 3.00 bits per heavy atom. The Balaban J connectivity index is 2.04. The number of nitrogens with one attached hydrogen (secondary N) is 1. The summed E-state index contributed by atoms with van der Waals surface area (Å²) in [6.45, 7) is 1.92. The Morgan fingerprint density at radius 1 is 1.47 bits per heavy atom. The molecule has 0 aliphatic carbocycles. The van der Waals surface area contributed by atoms with Crippen molar-refractivity contribution in [2.24, 2.45) is 0 Å². The van der Waals surface area contributed by atoms with E-state index in [0.717, 1.165) is 6.26 Å². The number of hydrogen-bond donors (Lipinski definition) is 1. The first-order valence-electron chi connectivity index (χ1n) is 5.54. The minimum atomic E-state index is -0.604. The molecule has 0 bridgehead atoms. The molecule has 0 aromatic carbocycles. The monoisotopic (exact) mass is 261 g/mol. The number of oxazole rings is 1. The molecule has 98 valence electrons. The predicted octanol–water partition coefficient (Wildman–Crippen LogP) is 1.50. The highest BCUT2D eigenvalue weighted by Crippen LogP contribution is 2.10. The smallest absolute Gasteiger partial charge is 0.360 e. The fourth-order valence-corrected chi connectivity index (χ4v) is 1.30. The van der Waals surface area contributed by atoms with Crippen LogP contribution >= 0.6 is 0 Å². The van der Waals surface area contributed by atoms with Gasteiger partial charge in [-0.05, 0) is 19.1 Å². The minimum absolute atomic E-state index is 0.00309. The zero-order valence-electron chi connectivity index (χ0n) is 10.1. The third-order valence-electron chi connectivity index (χ3n) is 2.13. The molecule has 2 rings (SSSR count). The van der Waals surface area contributed by atoms with Gasteiger partial charge in [0.2, 0.25) is 0 Å². The molecule has 0 saturated heterocycles. The van der Waals surface area contributed by atoms with Crippen molar-refractivity contribution in [3.05, 3.63) is 42.0 Å². The molecule has 0 atom stereocenters. The molecule has 7 heteroatoms. The largest absolute Gasteiger partial charge is 0.461 e. The highest BCUT2D eigenvalue weighted by atomic mass is 16.5. The molecule has 2 heterocycles. The molecule has 19 heavy (non-hydrogen) atoms. The summed E-state index contributed by atoms with van der Waals surface area (Å²) < 4.78 is 9.71. The van der Waals surface area contributed by atoms with Gasteiger partial charge in [-0.1, -0.05) is 0 Å². The van der Waals surface area contributed by atoms with Crippen molar-refractivity contribution < 1.29 is 18.7 Å². The minimum Gasteiger partial charge on any atom is -0.461 e. The molecule has 1 N–H and O–H groups in total. The maximum Gasteiger partial charge on any atom is 0.360 e. The van der Waals surface area contributed by atoms with Gasteiger partial charge in [0.25, 0.3) is 5.91 Å². The molecular weight excluding hydrogens is 250 g/mol. The van der Waals surface area contributed by atoms with E-state index in [0.29, 0.717) is 5.56 Å². The van der Waals surface area contributed by atoms with Gasteiger partial charge >= 0.3 is 12.0 Å². The molecule has 0 radical (unpaired) electrons. The topological polar surface area (TPSA) is 94.3 Å². The van der Waals surface area contributed by atoms with Gasteiger partial charge < -0.3 is 9.15 Å². The molecule has 0 aliphatic rings. The third kappa shape index (κ3) is 3.15. The van der Waals surface area contributed by atoms with Crippen molar-refractivity contribution in [3.63, 3.8) is 0 Å². The van der Waals surface area contributed by atoms with Crippen molar-refractivity contribution in [2.75, 3.05) is 11.9 Å². The SMILES string of the molecule is CCOC(=O)c1coc(NC(=O)c2cccnc2)n1. The second-order valence-corrected chi connectivity index (χ2v) is 3.45. The maximum atomic E-state index is 11.8. The van der Waals surface area contributed by atoms with Crippen molar-refractivity contribution in [3.8, 4) is 0 Å². The Labute approximate surface area is 108 Å². The van der Waals surface area contributed by atoms with Gasteiger partial charge in [-0.3, -0.25) is 15.1 Å². The van der Waals surface area contributed by atoms with Crippen LogP contribution in [0.15, 0.2) is 35.2 Å². The number of esters is 1. The fraction of sp³-hybridized carbons (Fsp3) is 0.167. The van der Waals surface area contributed by atoms with Gasteiger partial charge in [0.05, 0.1) is 12.2 Å². The third-order valence-corrected chi connectivity index (χ3v) is 2.13. The number of pyridine rings is 1. The number of rotatable bonds is 4. The second-order valence-electron chi connectivity index (χ2n) is 3.45. The van der Waals surface area contributed by atoms with Crippen LogP contribution in [-0.2, 0) is 4.74 Å². The molecular formula is C12H11N3O4. The van der Waals surface area contributed by atoms with Crippen LogP contribution in [-0.4, -0.2) is 28.5 Å². The molecule has 7 nitrogen and oxygen atoms in total. The lowest BCUT2D eigenvalue weighted by Crippen LogP contribution is -2.12. The first-order chi connectivity index (χ1) is 9.20. The van der Waals surface area contributed by atoms with Crippen molar-refractivity contribution in [1.82, 2.24) is 9.97 Å². The summed E-state index contributed by atoms with van der Waals surface area (Å²) in [6, 6.07) is 3.16. The van der Waals surface area contributed by atoms with E-state index < -0.39 is 11.9 Å². The highest BCUT2D eigenvalue weighted by molar-refractivity contribution is 6.03. The van der Waals surface area contributed by atoms with E-state index >= 15 is 0 Å². The molecule has 0 spiro atoms. The number of hydrogen-bond acceptors (Lipinski definition) is 6. The predicted molar refractivity (Wildman–Crippen MR) is 64.6 cm³/mol. The highest BCUT2D eigenvalue weighted by Gasteiger charge is 2.15. The molecule has 0 saturated carbocycles. The molecule has 0 fully saturated rings. The summed E-state index contributed by atoms with van der Waals surface area (Å²) in [5, 5.41) is 2.41. The van der Waals surface area contributed by atoms with Crippen LogP contribution in [0.25, 0.3) is 0 Å². The van der Waals surface area contributed by atoms with Gasteiger partial charge in [0, 0.05) is 12.4 Å². The van der Waals surface area contributed by atoms with E-state index in [4.69, 9.17) is 9.15 Å². The van der Waals surface area contributed by atoms with Crippen LogP contribution in [0, 0.1) is 0 Å². The van der Waals surface area contributed by atoms with Crippen LogP contribution in [0.3, 0.4) is 0 Å². The van der Waals surface area contributed by atoms with Gasteiger partial charge in [-0.15, -0.1) is 0 Å². The Kier molecular flexibility index (Phi) is 3.87. The molecule has 1 amide bonds. The van der Waals surface area contributed by atoms with E-state index in [9.17, 15) is 9.59 Å².